The maximum absolute atomic E-state index is 2.49. The Bertz CT molecular complexity index is 703. The van der Waals surface area contributed by atoms with Crippen molar-refractivity contribution in [3.63, 3.8) is 0 Å². The van der Waals surface area contributed by atoms with Crippen molar-refractivity contribution in [1.82, 2.24) is 0 Å². The lowest BCUT2D eigenvalue weighted by atomic mass is 9.97. The first-order chi connectivity index (χ1) is 10.8. The molecule has 0 saturated carbocycles. The van der Waals surface area contributed by atoms with E-state index in [2.05, 4.69) is 60.4 Å². The Morgan fingerprint density at radius 2 is 1.73 bits per heavy atom. The molecule has 1 aliphatic carbocycles. The van der Waals surface area contributed by atoms with Crippen molar-refractivity contribution in [1.29, 1.82) is 0 Å². The quantitative estimate of drug-likeness (QED) is 0.740. The number of hydrogen-bond acceptors (Lipinski definition) is 1. The molecule has 1 nitrogen and oxygen atoms in total. The van der Waals surface area contributed by atoms with E-state index in [9.17, 15) is 0 Å². The molecule has 1 heterocycles. The van der Waals surface area contributed by atoms with Crippen LogP contribution < -0.4 is 4.90 Å². The van der Waals surface area contributed by atoms with Gasteiger partial charge in [0.2, 0.25) is 0 Å². The van der Waals surface area contributed by atoms with Crippen molar-refractivity contribution < 1.29 is 0 Å². The molecule has 0 amide bonds. The van der Waals surface area contributed by atoms with Crippen molar-refractivity contribution in [2.24, 2.45) is 0 Å². The minimum atomic E-state index is 1.13. The zero-order valence-electron chi connectivity index (χ0n) is 13.3. The van der Waals surface area contributed by atoms with Gasteiger partial charge in [0.25, 0.3) is 0 Å². The molecule has 1 fully saturated rings. The second-order valence-corrected chi connectivity index (χ2v) is 6.45. The first kappa shape index (κ1) is 13.6. The zero-order chi connectivity index (χ0) is 14.9. The highest BCUT2D eigenvalue weighted by Gasteiger charge is 2.16. The lowest BCUT2D eigenvalue weighted by Gasteiger charge is -2.18. The molecule has 4 rings (SSSR count). The molecule has 1 saturated heterocycles. The predicted molar refractivity (Wildman–Crippen MR) is 95.3 cm³/mol. The summed E-state index contributed by atoms with van der Waals surface area (Å²) in [5.41, 5.74) is 8.57. The van der Waals surface area contributed by atoms with E-state index in [1.807, 2.05) is 0 Å². The van der Waals surface area contributed by atoms with Crippen LogP contribution in [0.3, 0.4) is 0 Å². The number of fused-ring (bicyclic) bond motifs is 1. The van der Waals surface area contributed by atoms with Crippen molar-refractivity contribution in [2.45, 2.75) is 32.6 Å². The molecule has 22 heavy (non-hydrogen) atoms. The van der Waals surface area contributed by atoms with E-state index in [4.69, 9.17) is 0 Å². The number of anilines is 1. The van der Waals surface area contributed by atoms with Crippen LogP contribution in [0.25, 0.3) is 17.2 Å². The number of hydrogen-bond donors (Lipinski definition) is 0. The minimum Gasteiger partial charge on any atom is -0.372 e. The molecule has 2 aromatic carbocycles. The molecule has 112 valence electrons. The Morgan fingerprint density at radius 1 is 0.955 bits per heavy atom. The van der Waals surface area contributed by atoms with E-state index in [-0.39, 0.29) is 0 Å². The highest BCUT2D eigenvalue weighted by molar-refractivity contribution is 5.81. The molecule has 0 bridgehead atoms. The van der Waals surface area contributed by atoms with Crippen LogP contribution in [0.15, 0.2) is 48.0 Å². The molecule has 2 aromatic rings. The third-order valence-electron chi connectivity index (χ3n) is 5.07. The van der Waals surface area contributed by atoms with E-state index in [0.29, 0.717) is 0 Å². The van der Waals surface area contributed by atoms with Gasteiger partial charge in [-0.2, -0.15) is 0 Å². The van der Waals surface area contributed by atoms with Crippen LogP contribution in [0.2, 0.25) is 0 Å². The van der Waals surface area contributed by atoms with Crippen LogP contribution in [-0.4, -0.2) is 13.1 Å². The monoisotopic (exact) mass is 289 g/mol. The fraction of sp³-hybridized carbons (Fsp3) is 0.333. The minimum absolute atomic E-state index is 1.13. The number of nitrogens with zero attached hydrogens (tertiary/aromatic N) is 1. The lowest BCUT2D eigenvalue weighted by Crippen LogP contribution is -2.17. The maximum Gasteiger partial charge on any atom is 0.0366 e. The van der Waals surface area contributed by atoms with E-state index >= 15 is 0 Å². The van der Waals surface area contributed by atoms with Gasteiger partial charge in [0.1, 0.15) is 0 Å². The third-order valence-corrected chi connectivity index (χ3v) is 5.07. The van der Waals surface area contributed by atoms with Crippen molar-refractivity contribution in [3.8, 4) is 11.1 Å². The summed E-state index contributed by atoms with van der Waals surface area (Å²) in [6.45, 7) is 4.67. The Labute approximate surface area is 133 Å². The number of allylic oxidation sites excluding steroid dienone is 1. The largest absolute Gasteiger partial charge is 0.372 e. The summed E-state index contributed by atoms with van der Waals surface area (Å²) < 4.78 is 0. The molecule has 2 aliphatic rings. The average molecular weight is 289 g/mol. The van der Waals surface area contributed by atoms with Crippen LogP contribution in [0.5, 0.6) is 0 Å². The summed E-state index contributed by atoms with van der Waals surface area (Å²) in [5, 5.41) is 0. The normalized spacial score (nSPS) is 16.8. The van der Waals surface area contributed by atoms with Gasteiger partial charge in [0.05, 0.1) is 0 Å². The summed E-state index contributed by atoms with van der Waals surface area (Å²) in [6.07, 6.45) is 7.35. The highest BCUT2D eigenvalue weighted by atomic mass is 15.1. The number of rotatable bonds is 3. The molecule has 0 N–H and O–H groups in total. The summed E-state index contributed by atoms with van der Waals surface area (Å²) in [6, 6.07) is 15.9. The molecule has 1 aliphatic heterocycles. The average Bonchev–Trinajstić information content (AvgIpc) is 3.23. The fourth-order valence-electron chi connectivity index (χ4n) is 3.74. The highest BCUT2D eigenvalue weighted by Crippen LogP contribution is 2.35. The maximum atomic E-state index is 2.49. The van der Waals surface area contributed by atoms with Crippen molar-refractivity contribution in [3.05, 3.63) is 59.2 Å². The fourth-order valence-corrected chi connectivity index (χ4v) is 3.74. The first-order valence-electron chi connectivity index (χ1n) is 8.52. The lowest BCUT2D eigenvalue weighted by molar-refractivity contribution is 0.949. The summed E-state index contributed by atoms with van der Waals surface area (Å²) >= 11 is 0. The SMILES string of the molecule is CCC1=Cc2c(cccc2-c2ccc(N3CCCC3)cc2)C1. The molecule has 0 radical (unpaired) electrons. The van der Waals surface area contributed by atoms with Gasteiger partial charge >= 0.3 is 0 Å². The summed E-state index contributed by atoms with van der Waals surface area (Å²) in [7, 11) is 0. The van der Waals surface area contributed by atoms with Crippen molar-refractivity contribution in [2.75, 3.05) is 18.0 Å². The van der Waals surface area contributed by atoms with Crippen LogP contribution in [-0.2, 0) is 6.42 Å². The summed E-state index contributed by atoms with van der Waals surface area (Å²) in [4.78, 5) is 2.49. The van der Waals surface area contributed by atoms with E-state index in [1.165, 1.54) is 53.9 Å². The Morgan fingerprint density at radius 3 is 2.45 bits per heavy atom. The Kier molecular flexibility index (Phi) is 3.49. The number of benzene rings is 2. The third kappa shape index (κ3) is 2.35. The Hall–Kier alpha value is -2.02. The molecular formula is C21H23N. The van der Waals surface area contributed by atoms with Gasteiger partial charge in [-0.3, -0.25) is 0 Å². The smallest absolute Gasteiger partial charge is 0.0366 e. The predicted octanol–water partition coefficient (Wildman–Crippen LogP) is 5.30. The zero-order valence-corrected chi connectivity index (χ0v) is 13.3. The second kappa shape index (κ2) is 5.64. The molecule has 1 heteroatoms. The molecule has 0 atom stereocenters. The van der Waals surface area contributed by atoms with E-state index in [1.54, 1.807) is 5.57 Å². The van der Waals surface area contributed by atoms with Crippen LogP contribution in [0.4, 0.5) is 5.69 Å². The molecular weight excluding hydrogens is 266 g/mol. The topological polar surface area (TPSA) is 3.24 Å². The van der Waals surface area contributed by atoms with Crippen LogP contribution in [0, 0.1) is 0 Å². The molecule has 0 spiro atoms. The molecule has 0 unspecified atom stereocenters. The van der Waals surface area contributed by atoms with Gasteiger partial charge in [0.15, 0.2) is 0 Å². The van der Waals surface area contributed by atoms with Gasteiger partial charge in [-0.1, -0.05) is 48.9 Å². The second-order valence-electron chi connectivity index (χ2n) is 6.45. The van der Waals surface area contributed by atoms with E-state index < -0.39 is 0 Å². The Balaban J connectivity index is 1.68. The van der Waals surface area contributed by atoms with Gasteiger partial charge in [-0.15, -0.1) is 0 Å². The summed E-state index contributed by atoms with van der Waals surface area (Å²) in [5.74, 6) is 0. The van der Waals surface area contributed by atoms with E-state index in [0.717, 1.165) is 12.8 Å². The van der Waals surface area contributed by atoms with Crippen LogP contribution >= 0.6 is 0 Å². The molecule has 0 aromatic heterocycles. The van der Waals surface area contributed by atoms with Gasteiger partial charge in [-0.25, -0.2) is 0 Å². The first-order valence-corrected chi connectivity index (χ1v) is 8.52. The van der Waals surface area contributed by atoms with Crippen LogP contribution in [0.1, 0.15) is 37.3 Å². The van der Waals surface area contributed by atoms with Crippen molar-refractivity contribution >= 4 is 11.8 Å². The van der Waals surface area contributed by atoms with Gasteiger partial charge in [0, 0.05) is 18.8 Å². The van der Waals surface area contributed by atoms with Gasteiger partial charge in [-0.05, 0) is 60.1 Å². The van der Waals surface area contributed by atoms with Gasteiger partial charge < -0.3 is 4.90 Å². The standard InChI is InChI=1S/C21H23N/c1-2-16-14-18-6-5-7-20(21(18)15-16)17-8-10-19(11-9-17)22-12-3-4-13-22/h5-11,15H,2-4,12-14H2,1H3.